The molecule has 1 N–H and O–H groups in total. The zero-order valence-corrected chi connectivity index (χ0v) is 11.2. The minimum Gasteiger partial charge on any atom is -0.465 e. The highest BCUT2D eigenvalue weighted by molar-refractivity contribution is 5.90. The quantitative estimate of drug-likeness (QED) is 0.785. The predicted molar refractivity (Wildman–Crippen MR) is 71.4 cm³/mol. The van der Waals surface area contributed by atoms with Crippen LogP contribution in [-0.2, 0) is 11.3 Å². The van der Waals surface area contributed by atoms with Gasteiger partial charge in [0.25, 0.3) is 0 Å². The van der Waals surface area contributed by atoms with Gasteiger partial charge in [-0.25, -0.2) is 4.79 Å². The second kappa shape index (κ2) is 5.53. The Hall–Kier alpha value is -1.35. The van der Waals surface area contributed by atoms with Crippen LogP contribution in [0.3, 0.4) is 0 Å². The maximum Gasteiger partial charge on any atom is 0.338 e. The van der Waals surface area contributed by atoms with Gasteiger partial charge in [0.1, 0.15) is 0 Å². The van der Waals surface area contributed by atoms with Gasteiger partial charge in [-0.3, -0.25) is 0 Å². The van der Waals surface area contributed by atoms with Crippen molar-refractivity contribution in [1.29, 1.82) is 0 Å². The van der Waals surface area contributed by atoms with Crippen LogP contribution in [0.5, 0.6) is 0 Å². The molecule has 0 radical (unpaired) electrons. The highest BCUT2D eigenvalue weighted by Gasteiger charge is 2.39. The number of esters is 1. The van der Waals surface area contributed by atoms with Crippen molar-refractivity contribution in [3.05, 3.63) is 35.4 Å². The maximum atomic E-state index is 11.6. The molecule has 0 saturated heterocycles. The first-order valence-electron chi connectivity index (χ1n) is 6.58. The van der Waals surface area contributed by atoms with Crippen LogP contribution < -0.4 is 5.32 Å². The van der Waals surface area contributed by atoms with Crippen molar-refractivity contribution >= 4 is 5.97 Å². The fourth-order valence-corrected chi connectivity index (χ4v) is 2.28. The molecule has 3 nitrogen and oxygen atoms in total. The lowest BCUT2D eigenvalue weighted by molar-refractivity contribution is 0.0599. The predicted octanol–water partition coefficient (Wildman–Crippen LogP) is 2.75. The van der Waals surface area contributed by atoms with E-state index in [1.165, 1.54) is 26.4 Å². The van der Waals surface area contributed by atoms with Gasteiger partial charge in [0.15, 0.2) is 0 Å². The summed E-state index contributed by atoms with van der Waals surface area (Å²) < 4.78 is 4.79. The molecule has 1 aromatic carbocycles. The summed E-state index contributed by atoms with van der Waals surface area (Å²) in [6, 6.07) is 7.61. The van der Waals surface area contributed by atoms with Gasteiger partial charge in [-0.15, -0.1) is 0 Å². The number of methoxy groups -OCH3 is 1. The van der Waals surface area contributed by atoms with Crippen LogP contribution in [-0.4, -0.2) is 19.6 Å². The Morgan fingerprint density at radius 3 is 2.72 bits per heavy atom. The van der Waals surface area contributed by atoms with Crippen LogP contribution in [0.4, 0.5) is 0 Å². The number of carbonyl (C=O) groups excluding carboxylic acids is 1. The highest BCUT2D eigenvalue weighted by atomic mass is 16.5. The maximum absolute atomic E-state index is 11.6. The monoisotopic (exact) mass is 247 g/mol. The molecule has 1 fully saturated rings. The molecular formula is C15H21NO2. The van der Waals surface area contributed by atoms with E-state index < -0.39 is 0 Å². The van der Waals surface area contributed by atoms with E-state index in [0.29, 0.717) is 11.0 Å². The number of hydrogen-bond donors (Lipinski definition) is 1. The van der Waals surface area contributed by atoms with E-state index in [2.05, 4.69) is 12.2 Å². The normalized spacial score (nSPS) is 16.3. The van der Waals surface area contributed by atoms with Crippen molar-refractivity contribution in [2.75, 3.05) is 13.7 Å². The van der Waals surface area contributed by atoms with E-state index in [0.717, 1.165) is 18.7 Å². The summed E-state index contributed by atoms with van der Waals surface area (Å²) in [6.07, 6.45) is 3.89. The van der Waals surface area contributed by atoms with Crippen LogP contribution in [0.25, 0.3) is 0 Å². The molecule has 0 atom stereocenters. The number of ether oxygens (including phenoxy) is 1. The standard InChI is InChI=1S/C15H21NO2/c1-3-15(8-9-15)11-16-10-12-6-4-5-7-13(12)14(17)18-2/h4-7,16H,3,8-11H2,1-2H3. The Labute approximate surface area is 109 Å². The SMILES string of the molecule is CCC1(CNCc2ccccc2C(=O)OC)CC1. The molecule has 18 heavy (non-hydrogen) atoms. The molecule has 0 unspecified atom stereocenters. The van der Waals surface area contributed by atoms with Crippen LogP contribution in [0.15, 0.2) is 24.3 Å². The molecule has 98 valence electrons. The van der Waals surface area contributed by atoms with Crippen molar-refractivity contribution in [1.82, 2.24) is 5.32 Å². The Balaban J connectivity index is 1.94. The largest absolute Gasteiger partial charge is 0.465 e. The van der Waals surface area contributed by atoms with Crippen molar-refractivity contribution in [3.63, 3.8) is 0 Å². The average Bonchev–Trinajstić information content (AvgIpc) is 3.19. The summed E-state index contributed by atoms with van der Waals surface area (Å²) in [5, 5.41) is 3.47. The molecule has 0 aromatic heterocycles. The first-order chi connectivity index (χ1) is 8.71. The minimum absolute atomic E-state index is 0.260. The Bertz CT molecular complexity index is 424. The van der Waals surface area contributed by atoms with Crippen LogP contribution in [0, 0.1) is 5.41 Å². The van der Waals surface area contributed by atoms with E-state index >= 15 is 0 Å². The molecule has 1 saturated carbocycles. The molecule has 1 aliphatic carbocycles. The number of benzene rings is 1. The van der Waals surface area contributed by atoms with Crippen LogP contribution in [0.1, 0.15) is 42.1 Å². The van der Waals surface area contributed by atoms with E-state index in [1.807, 2.05) is 24.3 Å². The van der Waals surface area contributed by atoms with Gasteiger partial charge < -0.3 is 10.1 Å². The molecule has 0 aliphatic heterocycles. The lowest BCUT2D eigenvalue weighted by atomic mass is 10.0. The molecule has 0 bridgehead atoms. The Morgan fingerprint density at radius 1 is 1.39 bits per heavy atom. The second-order valence-corrected chi connectivity index (χ2v) is 5.11. The number of hydrogen-bond acceptors (Lipinski definition) is 3. The van der Waals surface area contributed by atoms with Crippen molar-refractivity contribution in [2.45, 2.75) is 32.7 Å². The zero-order valence-electron chi connectivity index (χ0n) is 11.2. The lowest BCUT2D eigenvalue weighted by Crippen LogP contribution is -2.24. The third-order valence-corrected chi connectivity index (χ3v) is 3.95. The van der Waals surface area contributed by atoms with Gasteiger partial charge in [0, 0.05) is 13.1 Å². The third kappa shape index (κ3) is 2.91. The van der Waals surface area contributed by atoms with Gasteiger partial charge >= 0.3 is 5.97 Å². The molecule has 1 aliphatic rings. The second-order valence-electron chi connectivity index (χ2n) is 5.11. The lowest BCUT2D eigenvalue weighted by Gasteiger charge is -2.14. The smallest absolute Gasteiger partial charge is 0.338 e. The molecule has 0 spiro atoms. The number of rotatable bonds is 6. The summed E-state index contributed by atoms with van der Waals surface area (Å²) in [6.45, 7) is 4.02. The molecule has 0 heterocycles. The molecule has 3 heteroatoms. The molecule has 0 amide bonds. The number of carbonyl (C=O) groups is 1. The van der Waals surface area contributed by atoms with Crippen molar-refractivity contribution < 1.29 is 9.53 Å². The molecule has 1 aromatic rings. The van der Waals surface area contributed by atoms with Crippen LogP contribution in [0.2, 0.25) is 0 Å². The topological polar surface area (TPSA) is 38.3 Å². The fourth-order valence-electron chi connectivity index (χ4n) is 2.28. The van der Waals surface area contributed by atoms with Gasteiger partial charge in [-0.1, -0.05) is 25.1 Å². The summed E-state index contributed by atoms with van der Waals surface area (Å²) >= 11 is 0. The summed E-state index contributed by atoms with van der Waals surface area (Å²) in [4.78, 5) is 11.6. The molecular weight excluding hydrogens is 226 g/mol. The summed E-state index contributed by atoms with van der Waals surface area (Å²) in [5.41, 5.74) is 2.20. The van der Waals surface area contributed by atoms with Crippen molar-refractivity contribution in [3.8, 4) is 0 Å². The van der Waals surface area contributed by atoms with E-state index in [1.54, 1.807) is 0 Å². The van der Waals surface area contributed by atoms with Gasteiger partial charge in [0.05, 0.1) is 12.7 Å². The van der Waals surface area contributed by atoms with E-state index in [4.69, 9.17) is 4.74 Å². The van der Waals surface area contributed by atoms with Gasteiger partial charge in [-0.2, -0.15) is 0 Å². The zero-order chi connectivity index (χ0) is 13.0. The van der Waals surface area contributed by atoms with Crippen LogP contribution >= 0.6 is 0 Å². The first-order valence-corrected chi connectivity index (χ1v) is 6.58. The number of nitrogens with one attached hydrogen (secondary N) is 1. The summed E-state index contributed by atoms with van der Waals surface area (Å²) in [5.74, 6) is -0.260. The minimum atomic E-state index is -0.260. The molecule has 2 rings (SSSR count). The van der Waals surface area contributed by atoms with E-state index in [-0.39, 0.29) is 5.97 Å². The first kappa shape index (κ1) is 13.1. The van der Waals surface area contributed by atoms with Crippen molar-refractivity contribution in [2.24, 2.45) is 5.41 Å². The highest BCUT2D eigenvalue weighted by Crippen LogP contribution is 2.47. The van der Waals surface area contributed by atoms with Gasteiger partial charge in [0.2, 0.25) is 0 Å². The summed E-state index contributed by atoms with van der Waals surface area (Å²) in [7, 11) is 1.42. The average molecular weight is 247 g/mol. The Morgan fingerprint density at radius 2 is 2.11 bits per heavy atom. The Kier molecular flexibility index (Phi) is 4.02. The van der Waals surface area contributed by atoms with E-state index in [9.17, 15) is 4.79 Å². The fraction of sp³-hybridized carbons (Fsp3) is 0.533. The van der Waals surface area contributed by atoms with Gasteiger partial charge in [-0.05, 0) is 36.3 Å². The third-order valence-electron chi connectivity index (χ3n) is 3.95.